The molecule has 0 fully saturated rings. The van der Waals surface area contributed by atoms with Crippen LogP contribution in [-0.2, 0) is 4.79 Å². The van der Waals surface area contributed by atoms with E-state index in [4.69, 9.17) is 5.73 Å². The summed E-state index contributed by atoms with van der Waals surface area (Å²) in [4.78, 5) is 12.7. The van der Waals surface area contributed by atoms with Gasteiger partial charge in [-0.15, -0.1) is 0 Å². The third-order valence-corrected chi connectivity index (χ3v) is 3.04. The van der Waals surface area contributed by atoms with E-state index in [0.717, 1.165) is 0 Å². The molecule has 2 rings (SSSR count). The van der Waals surface area contributed by atoms with Crippen LogP contribution in [0.15, 0.2) is 24.3 Å². The summed E-state index contributed by atoms with van der Waals surface area (Å²) in [6.45, 7) is 0.516. The van der Waals surface area contributed by atoms with Crippen molar-refractivity contribution in [3.05, 3.63) is 29.8 Å². The van der Waals surface area contributed by atoms with Gasteiger partial charge in [-0.25, -0.2) is 8.78 Å². The SMILES string of the molecule is NC(=O)CN1CCC(C(F)F)c2ccccc21. The summed E-state index contributed by atoms with van der Waals surface area (Å²) in [7, 11) is 0. The maximum absolute atomic E-state index is 12.9. The molecule has 0 aliphatic carbocycles. The number of alkyl halides is 2. The van der Waals surface area contributed by atoms with Crippen molar-refractivity contribution in [2.24, 2.45) is 5.73 Å². The Balaban J connectivity index is 2.33. The second kappa shape index (κ2) is 4.69. The van der Waals surface area contributed by atoms with Gasteiger partial charge in [-0.1, -0.05) is 18.2 Å². The Kier molecular flexibility index (Phi) is 3.26. The van der Waals surface area contributed by atoms with Gasteiger partial charge in [0.25, 0.3) is 0 Å². The Morgan fingerprint density at radius 2 is 2.18 bits per heavy atom. The molecule has 1 unspecified atom stereocenters. The normalized spacial score (nSPS) is 19.2. The maximum atomic E-state index is 12.9. The van der Waals surface area contributed by atoms with E-state index in [1.54, 1.807) is 29.2 Å². The maximum Gasteiger partial charge on any atom is 0.245 e. The number of primary amides is 1. The number of rotatable bonds is 3. The minimum Gasteiger partial charge on any atom is -0.368 e. The molecule has 1 heterocycles. The first-order chi connectivity index (χ1) is 8.09. The topological polar surface area (TPSA) is 46.3 Å². The van der Waals surface area contributed by atoms with Gasteiger partial charge < -0.3 is 10.6 Å². The molecule has 0 saturated heterocycles. The molecule has 5 heteroatoms. The first-order valence-electron chi connectivity index (χ1n) is 5.50. The Hall–Kier alpha value is -1.65. The summed E-state index contributed by atoms with van der Waals surface area (Å²) in [5.41, 5.74) is 6.45. The van der Waals surface area contributed by atoms with E-state index in [1.165, 1.54) is 0 Å². The lowest BCUT2D eigenvalue weighted by atomic mass is 9.90. The van der Waals surface area contributed by atoms with Crippen LogP contribution in [0, 0.1) is 0 Å². The fraction of sp³-hybridized carbons (Fsp3) is 0.417. The smallest absolute Gasteiger partial charge is 0.245 e. The van der Waals surface area contributed by atoms with Gasteiger partial charge in [0.1, 0.15) is 0 Å². The van der Waals surface area contributed by atoms with Crippen LogP contribution in [0.4, 0.5) is 14.5 Å². The van der Waals surface area contributed by atoms with E-state index in [2.05, 4.69) is 0 Å². The van der Waals surface area contributed by atoms with Gasteiger partial charge in [-0.3, -0.25) is 4.79 Å². The first kappa shape index (κ1) is 11.8. The molecule has 1 atom stereocenters. The molecule has 1 aliphatic heterocycles. The molecule has 0 saturated carbocycles. The molecule has 1 aliphatic rings. The minimum atomic E-state index is -2.37. The van der Waals surface area contributed by atoms with Crippen LogP contribution in [-0.4, -0.2) is 25.4 Å². The van der Waals surface area contributed by atoms with E-state index < -0.39 is 18.3 Å². The third-order valence-electron chi connectivity index (χ3n) is 3.04. The molecule has 1 amide bonds. The highest BCUT2D eigenvalue weighted by Gasteiger charge is 2.31. The second-order valence-corrected chi connectivity index (χ2v) is 4.18. The highest BCUT2D eigenvalue weighted by Crippen LogP contribution is 2.38. The van der Waals surface area contributed by atoms with E-state index >= 15 is 0 Å². The summed E-state index contributed by atoms with van der Waals surface area (Å²) < 4.78 is 25.8. The molecule has 0 radical (unpaired) electrons. The third kappa shape index (κ3) is 2.38. The predicted octanol–water partition coefficient (Wildman–Crippen LogP) is 1.73. The number of amides is 1. The molecular formula is C12H14F2N2O. The number of hydrogen-bond acceptors (Lipinski definition) is 2. The van der Waals surface area contributed by atoms with Gasteiger partial charge in [0.05, 0.1) is 6.54 Å². The van der Waals surface area contributed by atoms with Crippen molar-refractivity contribution in [1.82, 2.24) is 0 Å². The molecule has 0 aromatic heterocycles. The molecule has 0 bridgehead atoms. The standard InChI is InChI=1S/C12H14F2N2O/c13-12(14)9-5-6-16(7-11(15)17)10-4-2-1-3-8(9)10/h1-4,9,12H,5-7H2,(H2,15,17). The molecule has 2 N–H and O–H groups in total. The van der Waals surface area contributed by atoms with Crippen molar-refractivity contribution in [1.29, 1.82) is 0 Å². The summed E-state index contributed by atoms with van der Waals surface area (Å²) in [5.74, 6) is -1.19. The molecule has 1 aromatic rings. The van der Waals surface area contributed by atoms with Crippen LogP contribution in [0.1, 0.15) is 17.9 Å². The van der Waals surface area contributed by atoms with E-state index in [9.17, 15) is 13.6 Å². The predicted molar refractivity (Wildman–Crippen MR) is 61.2 cm³/mol. The Labute approximate surface area is 98.2 Å². The van der Waals surface area contributed by atoms with Crippen LogP contribution in [0.5, 0.6) is 0 Å². The molecule has 3 nitrogen and oxygen atoms in total. The van der Waals surface area contributed by atoms with Gasteiger partial charge in [-0.05, 0) is 18.1 Å². The van der Waals surface area contributed by atoms with Crippen molar-refractivity contribution in [3.63, 3.8) is 0 Å². The number of hydrogen-bond donors (Lipinski definition) is 1. The van der Waals surface area contributed by atoms with Crippen molar-refractivity contribution in [2.45, 2.75) is 18.8 Å². The van der Waals surface area contributed by atoms with Crippen LogP contribution in [0.2, 0.25) is 0 Å². The number of nitrogens with two attached hydrogens (primary N) is 1. The zero-order chi connectivity index (χ0) is 12.4. The molecule has 0 spiro atoms. The number of halogens is 2. The lowest BCUT2D eigenvalue weighted by Crippen LogP contribution is -2.39. The van der Waals surface area contributed by atoms with E-state index in [0.29, 0.717) is 24.2 Å². The number of anilines is 1. The fourth-order valence-corrected chi connectivity index (χ4v) is 2.27. The number of para-hydroxylation sites is 1. The van der Waals surface area contributed by atoms with Crippen LogP contribution >= 0.6 is 0 Å². The second-order valence-electron chi connectivity index (χ2n) is 4.18. The summed E-state index contributed by atoms with van der Waals surface area (Å²) in [5, 5.41) is 0. The zero-order valence-corrected chi connectivity index (χ0v) is 9.27. The summed E-state index contributed by atoms with van der Waals surface area (Å²) in [6.07, 6.45) is -2.02. The van der Waals surface area contributed by atoms with Gasteiger partial charge >= 0.3 is 0 Å². The van der Waals surface area contributed by atoms with Gasteiger partial charge in [0, 0.05) is 18.2 Å². The summed E-state index contributed by atoms with van der Waals surface area (Å²) >= 11 is 0. The fourth-order valence-electron chi connectivity index (χ4n) is 2.27. The largest absolute Gasteiger partial charge is 0.368 e. The van der Waals surface area contributed by atoms with E-state index in [-0.39, 0.29) is 6.54 Å². The average Bonchev–Trinajstić information content (AvgIpc) is 2.28. The molecular weight excluding hydrogens is 226 g/mol. The first-order valence-corrected chi connectivity index (χ1v) is 5.50. The van der Waals surface area contributed by atoms with Crippen LogP contribution < -0.4 is 10.6 Å². The number of fused-ring (bicyclic) bond motifs is 1. The Morgan fingerprint density at radius 3 is 2.82 bits per heavy atom. The average molecular weight is 240 g/mol. The zero-order valence-electron chi connectivity index (χ0n) is 9.27. The van der Waals surface area contributed by atoms with Crippen LogP contribution in [0.25, 0.3) is 0 Å². The van der Waals surface area contributed by atoms with Crippen molar-refractivity contribution in [2.75, 3.05) is 18.0 Å². The molecule has 17 heavy (non-hydrogen) atoms. The van der Waals surface area contributed by atoms with E-state index in [1.807, 2.05) is 0 Å². The minimum absolute atomic E-state index is 0.0764. The Bertz CT molecular complexity index is 423. The number of nitrogens with zero attached hydrogens (tertiary/aromatic N) is 1. The highest BCUT2D eigenvalue weighted by atomic mass is 19.3. The number of carbonyl (C=O) groups is 1. The highest BCUT2D eigenvalue weighted by molar-refractivity contribution is 5.80. The Morgan fingerprint density at radius 1 is 1.47 bits per heavy atom. The van der Waals surface area contributed by atoms with Crippen molar-refractivity contribution < 1.29 is 13.6 Å². The quantitative estimate of drug-likeness (QED) is 0.874. The number of benzene rings is 1. The van der Waals surface area contributed by atoms with Crippen molar-refractivity contribution in [3.8, 4) is 0 Å². The number of carbonyl (C=O) groups excluding carboxylic acids is 1. The molecule has 1 aromatic carbocycles. The van der Waals surface area contributed by atoms with Crippen LogP contribution in [0.3, 0.4) is 0 Å². The lowest BCUT2D eigenvalue weighted by Gasteiger charge is -2.34. The lowest BCUT2D eigenvalue weighted by molar-refractivity contribution is -0.116. The molecule has 92 valence electrons. The monoisotopic (exact) mass is 240 g/mol. The van der Waals surface area contributed by atoms with Gasteiger partial charge in [0.2, 0.25) is 12.3 Å². The summed E-state index contributed by atoms with van der Waals surface area (Å²) in [6, 6.07) is 6.97. The van der Waals surface area contributed by atoms with Gasteiger partial charge in [-0.2, -0.15) is 0 Å². The van der Waals surface area contributed by atoms with Crippen molar-refractivity contribution >= 4 is 11.6 Å². The van der Waals surface area contributed by atoms with Gasteiger partial charge in [0.15, 0.2) is 0 Å².